The molecule has 2 aliphatic rings. The van der Waals surface area contributed by atoms with Crippen molar-refractivity contribution in [2.45, 2.75) is 38.1 Å². The highest BCUT2D eigenvalue weighted by Crippen LogP contribution is 2.24. The van der Waals surface area contributed by atoms with E-state index in [0.717, 1.165) is 25.9 Å². The summed E-state index contributed by atoms with van der Waals surface area (Å²) in [4.78, 5) is 13.5. The third-order valence-corrected chi connectivity index (χ3v) is 3.46. The van der Waals surface area contributed by atoms with Crippen LogP contribution in [0.15, 0.2) is 11.6 Å². The summed E-state index contributed by atoms with van der Waals surface area (Å²) in [5.41, 5.74) is 1.57. The van der Waals surface area contributed by atoms with E-state index in [9.17, 15) is 4.79 Å². The monoisotopic (exact) mass is 209 g/mol. The number of methoxy groups -OCH3 is 1. The van der Waals surface area contributed by atoms with Gasteiger partial charge in [0.15, 0.2) is 0 Å². The average molecular weight is 209 g/mol. The first-order valence-electron chi connectivity index (χ1n) is 5.81. The Balaban J connectivity index is 1.73. The van der Waals surface area contributed by atoms with Gasteiger partial charge in [0.2, 0.25) is 0 Å². The molecule has 1 aliphatic heterocycles. The minimum absolute atomic E-state index is 0.0389. The van der Waals surface area contributed by atoms with Crippen molar-refractivity contribution < 1.29 is 9.53 Å². The molecule has 1 unspecified atom stereocenters. The van der Waals surface area contributed by atoms with Crippen molar-refractivity contribution >= 4 is 5.97 Å². The van der Waals surface area contributed by atoms with E-state index in [1.807, 2.05) is 0 Å². The number of esters is 1. The van der Waals surface area contributed by atoms with Gasteiger partial charge < -0.3 is 4.74 Å². The molecule has 2 rings (SSSR count). The highest BCUT2D eigenvalue weighted by Gasteiger charge is 2.34. The van der Waals surface area contributed by atoms with Crippen LogP contribution in [0, 0.1) is 0 Å². The standard InChI is InChI=1S/C12H19NO2/c1-15-12(14)11-7-9-13(11)8-6-10-4-2-3-5-10/h4,11H,2-3,5-9H2,1H3. The predicted molar refractivity (Wildman–Crippen MR) is 58.5 cm³/mol. The largest absolute Gasteiger partial charge is 0.468 e. The van der Waals surface area contributed by atoms with E-state index in [4.69, 9.17) is 4.74 Å². The summed E-state index contributed by atoms with van der Waals surface area (Å²) >= 11 is 0. The van der Waals surface area contributed by atoms with Gasteiger partial charge in [-0.05, 0) is 32.1 Å². The van der Waals surface area contributed by atoms with Crippen LogP contribution in [-0.4, -0.2) is 37.1 Å². The number of likely N-dealkylation sites (tertiary alicyclic amines) is 1. The highest BCUT2D eigenvalue weighted by molar-refractivity contribution is 5.76. The second kappa shape index (κ2) is 4.79. The Kier molecular flexibility index (Phi) is 3.41. The number of carbonyl (C=O) groups excluding carboxylic acids is 1. The van der Waals surface area contributed by atoms with E-state index in [1.165, 1.54) is 26.4 Å². The molecule has 1 heterocycles. The summed E-state index contributed by atoms with van der Waals surface area (Å²) in [6, 6.07) is 0.0389. The molecule has 1 aliphatic carbocycles. The average Bonchev–Trinajstić information content (AvgIpc) is 2.69. The Hall–Kier alpha value is -0.830. The van der Waals surface area contributed by atoms with Crippen molar-refractivity contribution in [2.24, 2.45) is 0 Å². The summed E-state index contributed by atoms with van der Waals surface area (Å²) in [6.45, 7) is 2.07. The molecule has 0 N–H and O–H groups in total. The number of ether oxygens (including phenoxy) is 1. The molecule has 0 amide bonds. The molecular weight excluding hydrogens is 190 g/mol. The van der Waals surface area contributed by atoms with E-state index in [-0.39, 0.29) is 12.0 Å². The van der Waals surface area contributed by atoms with Crippen molar-refractivity contribution in [1.82, 2.24) is 4.90 Å². The lowest BCUT2D eigenvalue weighted by molar-refractivity contribution is -0.151. The van der Waals surface area contributed by atoms with E-state index in [0.29, 0.717) is 0 Å². The quantitative estimate of drug-likeness (QED) is 0.521. The maximum absolute atomic E-state index is 11.3. The number of allylic oxidation sites excluding steroid dienone is 1. The number of nitrogens with zero attached hydrogens (tertiary/aromatic N) is 1. The summed E-state index contributed by atoms with van der Waals surface area (Å²) in [5.74, 6) is -0.0679. The number of hydrogen-bond acceptors (Lipinski definition) is 3. The van der Waals surface area contributed by atoms with Gasteiger partial charge in [-0.1, -0.05) is 11.6 Å². The molecule has 0 aromatic heterocycles. The Bertz CT molecular complexity index is 273. The first-order valence-corrected chi connectivity index (χ1v) is 5.81. The van der Waals surface area contributed by atoms with E-state index >= 15 is 0 Å². The van der Waals surface area contributed by atoms with Gasteiger partial charge in [-0.2, -0.15) is 0 Å². The zero-order valence-corrected chi connectivity index (χ0v) is 9.37. The van der Waals surface area contributed by atoms with E-state index < -0.39 is 0 Å². The number of carbonyl (C=O) groups is 1. The molecule has 0 aromatic rings. The second-order valence-electron chi connectivity index (χ2n) is 4.37. The topological polar surface area (TPSA) is 29.5 Å². The first-order chi connectivity index (χ1) is 7.31. The van der Waals surface area contributed by atoms with Gasteiger partial charge in [0.25, 0.3) is 0 Å². The molecule has 0 saturated carbocycles. The third kappa shape index (κ3) is 2.40. The number of rotatable bonds is 4. The SMILES string of the molecule is COC(=O)C1CCN1CCC1=CCCC1. The fourth-order valence-corrected chi connectivity index (χ4v) is 2.36. The van der Waals surface area contributed by atoms with Gasteiger partial charge >= 0.3 is 5.97 Å². The Morgan fingerprint density at radius 2 is 2.53 bits per heavy atom. The van der Waals surface area contributed by atoms with Gasteiger partial charge in [-0.3, -0.25) is 9.69 Å². The van der Waals surface area contributed by atoms with Crippen LogP contribution in [0.25, 0.3) is 0 Å². The van der Waals surface area contributed by atoms with Crippen LogP contribution in [0.1, 0.15) is 32.1 Å². The van der Waals surface area contributed by atoms with Crippen molar-refractivity contribution in [1.29, 1.82) is 0 Å². The van der Waals surface area contributed by atoms with Crippen LogP contribution in [0.2, 0.25) is 0 Å². The molecule has 3 heteroatoms. The Morgan fingerprint density at radius 3 is 3.07 bits per heavy atom. The van der Waals surface area contributed by atoms with Crippen molar-refractivity contribution in [3.63, 3.8) is 0 Å². The maximum atomic E-state index is 11.3. The van der Waals surface area contributed by atoms with Crippen LogP contribution in [0.3, 0.4) is 0 Å². The Morgan fingerprint density at radius 1 is 1.67 bits per heavy atom. The zero-order valence-electron chi connectivity index (χ0n) is 9.37. The van der Waals surface area contributed by atoms with E-state index in [2.05, 4.69) is 11.0 Å². The van der Waals surface area contributed by atoms with Gasteiger partial charge in [0.1, 0.15) is 6.04 Å². The van der Waals surface area contributed by atoms with Gasteiger partial charge in [0, 0.05) is 13.1 Å². The fourth-order valence-electron chi connectivity index (χ4n) is 2.36. The molecule has 15 heavy (non-hydrogen) atoms. The summed E-state index contributed by atoms with van der Waals surface area (Å²) in [5, 5.41) is 0. The summed E-state index contributed by atoms with van der Waals surface area (Å²) in [7, 11) is 1.47. The fraction of sp³-hybridized carbons (Fsp3) is 0.750. The van der Waals surface area contributed by atoms with Gasteiger partial charge in [-0.15, -0.1) is 0 Å². The first kappa shape index (κ1) is 10.7. The lowest BCUT2D eigenvalue weighted by Gasteiger charge is -2.38. The predicted octanol–water partition coefficient (Wildman–Crippen LogP) is 1.73. The van der Waals surface area contributed by atoms with Gasteiger partial charge in [-0.25, -0.2) is 0 Å². The normalized spacial score (nSPS) is 25.9. The second-order valence-corrected chi connectivity index (χ2v) is 4.37. The summed E-state index contributed by atoms with van der Waals surface area (Å²) < 4.78 is 4.76. The molecule has 0 aromatic carbocycles. The van der Waals surface area contributed by atoms with Crippen LogP contribution >= 0.6 is 0 Å². The molecule has 3 nitrogen and oxygen atoms in total. The molecule has 0 spiro atoms. The molecule has 0 bridgehead atoms. The molecule has 1 saturated heterocycles. The number of hydrogen-bond donors (Lipinski definition) is 0. The molecule has 84 valence electrons. The van der Waals surface area contributed by atoms with Crippen molar-refractivity contribution in [2.75, 3.05) is 20.2 Å². The third-order valence-electron chi connectivity index (χ3n) is 3.46. The zero-order chi connectivity index (χ0) is 10.7. The van der Waals surface area contributed by atoms with Crippen molar-refractivity contribution in [3.8, 4) is 0 Å². The van der Waals surface area contributed by atoms with E-state index in [1.54, 1.807) is 5.57 Å². The molecule has 0 radical (unpaired) electrons. The lowest BCUT2D eigenvalue weighted by Crippen LogP contribution is -2.52. The minimum Gasteiger partial charge on any atom is -0.468 e. The molecule has 1 atom stereocenters. The molecular formula is C12H19NO2. The smallest absolute Gasteiger partial charge is 0.323 e. The minimum atomic E-state index is -0.0679. The highest BCUT2D eigenvalue weighted by atomic mass is 16.5. The van der Waals surface area contributed by atoms with Crippen LogP contribution < -0.4 is 0 Å². The van der Waals surface area contributed by atoms with Crippen molar-refractivity contribution in [3.05, 3.63) is 11.6 Å². The van der Waals surface area contributed by atoms with Crippen LogP contribution in [-0.2, 0) is 9.53 Å². The van der Waals surface area contributed by atoms with Crippen LogP contribution in [0.4, 0.5) is 0 Å². The lowest BCUT2D eigenvalue weighted by atomic mass is 10.0. The maximum Gasteiger partial charge on any atom is 0.323 e. The molecule has 1 fully saturated rings. The summed E-state index contributed by atoms with van der Waals surface area (Å²) in [6.07, 6.45) is 8.27. The Labute approximate surface area is 91.1 Å². The van der Waals surface area contributed by atoms with Gasteiger partial charge in [0.05, 0.1) is 7.11 Å². The van der Waals surface area contributed by atoms with Crippen LogP contribution in [0.5, 0.6) is 0 Å².